The second-order valence-corrected chi connectivity index (χ2v) is 8.18. The van der Waals surface area contributed by atoms with Crippen LogP contribution in [0.4, 0.5) is 0 Å². The second-order valence-electron chi connectivity index (χ2n) is 7.77. The number of likely N-dealkylation sites (tertiary alicyclic amines) is 2. The van der Waals surface area contributed by atoms with Gasteiger partial charge >= 0.3 is 0 Å². The Kier molecular flexibility index (Phi) is 5.96. The monoisotopic (exact) mass is 393 g/mol. The summed E-state index contributed by atoms with van der Waals surface area (Å²) in [5.41, 5.74) is 5.76. The van der Waals surface area contributed by atoms with Gasteiger partial charge in [0, 0.05) is 19.1 Å². The number of ether oxygens (including phenoxy) is 1. The summed E-state index contributed by atoms with van der Waals surface area (Å²) in [6.45, 7) is 6.40. The minimum absolute atomic E-state index is 0.201. The lowest BCUT2D eigenvalue weighted by atomic mass is 9.84. The van der Waals surface area contributed by atoms with Gasteiger partial charge in [-0.2, -0.15) is 0 Å². The van der Waals surface area contributed by atoms with E-state index in [0.29, 0.717) is 17.3 Å². The largest absolute Gasteiger partial charge is 0.482 e. The third-order valence-electron chi connectivity index (χ3n) is 5.64. The van der Waals surface area contributed by atoms with E-state index in [1.54, 1.807) is 6.07 Å². The Morgan fingerprint density at radius 3 is 2.63 bits per heavy atom. The van der Waals surface area contributed by atoms with Gasteiger partial charge in [0.05, 0.1) is 5.02 Å². The van der Waals surface area contributed by atoms with Crippen molar-refractivity contribution >= 4 is 23.4 Å². The number of hydrogen-bond acceptors (Lipinski definition) is 4. The number of amides is 2. The van der Waals surface area contributed by atoms with Crippen molar-refractivity contribution in [2.45, 2.75) is 57.7 Å². The molecule has 2 aliphatic rings. The summed E-state index contributed by atoms with van der Waals surface area (Å²) in [5, 5.41) is 0.445. The van der Waals surface area contributed by atoms with Crippen LogP contribution in [0.5, 0.6) is 5.75 Å². The van der Waals surface area contributed by atoms with E-state index < -0.39 is 5.91 Å². The molecule has 3 rings (SSSR count). The molecule has 0 aliphatic carbocycles. The average molecular weight is 394 g/mol. The number of carbonyl (C=O) groups is 2. The van der Waals surface area contributed by atoms with Gasteiger partial charge in [0.1, 0.15) is 11.3 Å². The summed E-state index contributed by atoms with van der Waals surface area (Å²) >= 11 is 6.30. The van der Waals surface area contributed by atoms with Gasteiger partial charge in [0.15, 0.2) is 6.61 Å². The van der Waals surface area contributed by atoms with Crippen molar-refractivity contribution < 1.29 is 14.3 Å². The van der Waals surface area contributed by atoms with E-state index in [1.807, 2.05) is 17.0 Å². The van der Waals surface area contributed by atoms with E-state index in [-0.39, 0.29) is 24.1 Å². The van der Waals surface area contributed by atoms with Gasteiger partial charge in [-0.15, -0.1) is 0 Å². The van der Waals surface area contributed by atoms with Crippen molar-refractivity contribution in [2.75, 3.05) is 19.7 Å². The first-order chi connectivity index (χ1) is 12.8. The zero-order chi connectivity index (χ0) is 19.6. The molecular weight excluding hydrogens is 366 g/mol. The molecule has 27 heavy (non-hydrogen) atoms. The van der Waals surface area contributed by atoms with Crippen molar-refractivity contribution in [3.8, 4) is 5.75 Å². The fraction of sp³-hybridized carbons (Fsp3) is 0.600. The molecule has 0 saturated carbocycles. The maximum absolute atomic E-state index is 13.3. The van der Waals surface area contributed by atoms with E-state index in [2.05, 4.69) is 18.7 Å². The van der Waals surface area contributed by atoms with E-state index in [4.69, 9.17) is 22.1 Å². The predicted molar refractivity (Wildman–Crippen MR) is 105 cm³/mol. The summed E-state index contributed by atoms with van der Waals surface area (Å²) in [5.74, 6) is 0.170. The first-order valence-corrected chi connectivity index (χ1v) is 9.97. The lowest BCUT2D eigenvalue weighted by molar-refractivity contribution is -0.149. The molecule has 0 aromatic heterocycles. The number of rotatable bonds is 6. The summed E-state index contributed by atoms with van der Waals surface area (Å²) in [4.78, 5) is 28.5. The van der Waals surface area contributed by atoms with Crippen LogP contribution in [0.15, 0.2) is 18.2 Å². The Hall–Kier alpha value is -1.79. The average Bonchev–Trinajstić information content (AvgIpc) is 2.99. The molecule has 1 unspecified atom stereocenters. The number of piperidine rings is 1. The number of nitrogens with zero attached hydrogens (tertiary/aromatic N) is 2. The highest BCUT2D eigenvalue weighted by Gasteiger charge is 2.50. The Morgan fingerprint density at radius 1 is 1.30 bits per heavy atom. The van der Waals surface area contributed by atoms with E-state index in [1.165, 1.54) is 0 Å². The van der Waals surface area contributed by atoms with Gasteiger partial charge in [-0.25, -0.2) is 0 Å². The van der Waals surface area contributed by atoms with Crippen molar-refractivity contribution in [2.24, 2.45) is 5.73 Å². The normalized spacial score (nSPS) is 23.4. The molecule has 1 aromatic rings. The molecule has 148 valence electrons. The molecule has 1 aromatic carbocycles. The Bertz CT molecular complexity index is 724. The minimum Gasteiger partial charge on any atom is -0.482 e. The summed E-state index contributed by atoms with van der Waals surface area (Å²) in [6, 6.07) is 5.76. The van der Waals surface area contributed by atoms with Crippen LogP contribution in [0.3, 0.4) is 0 Å². The zero-order valence-electron chi connectivity index (χ0n) is 16.0. The van der Waals surface area contributed by atoms with Gasteiger partial charge in [-0.1, -0.05) is 17.7 Å². The fourth-order valence-electron chi connectivity index (χ4n) is 4.33. The topological polar surface area (TPSA) is 75.9 Å². The molecule has 2 N–H and O–H groups in total. The molecule has 2 heterocycles. The molecule has 2 amide bonds. The molecule has 1 spiro atoms. The first kappa shape index (κ1) is 20.0. The zero-order valence-corrected chi connectivity index (χ0v) is 16.8. The van der Waals surface area contributed by atoms with Crippen LogP contribution in [0, 0.1) is 0 Å². The van der Waals surface area contributed by atoms with Crippen LogP contribution >= 0.6 is 11.6 Å². The Balaban J connectivity index is 1.75. The van der Waals surface area contributed by atoms with Gasteiger partial charge in [0.2, 0.25) is 5.91 Å². The van der Waals surface area contributed by atoms with Gasteiger partial charge < -0.3 is 15.4 Å². The summed E-state index contributed by atoms with van der Waals surface area (Å²) in [6.07, 6.45) is 3.91. The molecule has 2 fully saturated rings. The van der Waals surface area contributed by atoms with Gasteiger partial charge in [0.25, 0.3) is 5.91 Å². The standard InChI is InChI=1S/C20H28ClN3O3/c1-14(2)24-10-4-8-20(19(24)26)7-3-9-23(20)12-15-5-6-17(16(21)11-15)27-13-18(22)25/h5-6,11,14H,3-4,7-10,12-13H2,1-2H3,(H2,22,25). The smallest absolute Gasteiger partial charge is 0.255 e. The first-order valence-electron chi connectivity index (χ1n) is 9.59. The highest BCUT2D eigenvalue weighted by Crippen LogP contribution is 2.40. The van der Waals surface area contributed by atoms with Crippen molar-refractivity contribution in [3.05, 3.63) is 28.8 Å². The SMILES string of the molecule is CC(C)N1CCCC2(CCCN2Cc2ccc(OCC(N)=O)c(Cl)c2)C1=O. The molecule has 1 atom stereocenters. The molecule has 2 aliphatic heterocycles. The quantitative estimate of drug-likeness (QED) is 0.805. The number of nitrogens with two attached hydrogens (primary N) is 1. The predicted octanol–water partition coefficient (Wildman–Crippen LogP) is 2.57. The molecule has 6 nitrogen and oxygen atoms in total. The van der Waals surface area contributed by atoms with Crippen molar-refractivity contribution in [1.29, 1.82) is 0 Å². The lowest BCUT2D eigenvalue weighted by Gasteiger charge is -2.46. The lowest BCUT2D eigenvalue weighted by Crippen LogP contribution is -2.61. The number of carbonyl (C=O) groups excluding carboxylic acids is 2. The maximum Gasteiger partial charge on any atom is 0.255 e. The van der Waals surface area contributed by atoms with Crippen LogP contribution in [-0.4, -0.2) is 52.9 Å². The third kappa shape index (κ3) is 4.06. The highest BCUT2D eigenvalue weighted by atomic mass is 35.5. The van der Waals surface area contributed by atoms with Crippen LogP contribution in [-0.2, 0) is 16.1 Å². The molecular formula is C20H28ClN3O3. The molecule has 0 radical (unpaired) electrons. The third-order valence-corrected chi connectivity index (χ3v) is 5.93. The van der Waals surface area contributed by atoms with Crippen LogP contribution in [0.1, 0.15) is 45.1 Å². The van der Waals surface area contributed by atoms with Crippen molar-refractivity contribution in [3.63, 3.8) is 0 Å². The van der Waals surface area contributed by atoms with Crippen LogP contribution in [0.25, 0.3) is 0 Å². The highest BCUT2D eigenvalue weighted by molar-refractivity contribution is 6.32. The fourth-order valence-corrected chi connectivity index (χ4v) is 4.59. The molecule has 7 heteroatoms. The van der Waals surface area contributed by atoms with E-state index >= 15 is 0 Å². The van der Waals surface area contributed by atoms with Gasteiger partial charge in [-0.3, -0.25) is 14.5 Å². The Morgan fingerprint density at radius 2 is 2.00 bits per heavy atom. The van der Waals surface area contributed by atoms with Crippen LogP contribution < -0.4 is 10.5 Å². The van der Waals surface area contributed by atoms with Crippen molar-refractivity contribution in [1.82, 2.24) is 9.80 Å². The Labute approximate surface area is 165 Å². The minimum atomic E-state index is -0.542. The number of halogens is 1. The molecule has 2 saturated heterocycles. The number of benzene rings is 1. The number of primary amides is 1. The maximum atomic E-state index is 13.3. The van der Waals surface area contributed by atoms with E-state index in [9.17, 15) is 9.59 Å². The summed E-state index contributed by atoms with van der Waals surface area (Å²) < 4.78 is 5.31. The summed E-state index contributed by atoms with van der Waals surface area (Å²) in [7, 11) is 0. The van der Waals surface area contributed by atoms with Gasteiger partial charge in [-0.05, 0) is 63.8 Å². The van der Waals surface area contributed by atoms with Crippen LogP contribution in [0.2, 0.25) is 5.02 Å². The second kappa shape index (κ2) is 8.07. The number of hydrogen-bond donors (Lipinski definition) is 1. The molecule has 0 bridgehead atoms. The van der Waals surface area contributed by atoms with E-state index in [0.717, 1.165) is 44.3 Å².